The van der Waals surface area contributed by atoms with Gasteiger partial charge in [-0.3, -0.25) is 0 Å². The van der Waals surface area contributed by atoms with E-state index >= 15 is 0 Å². The van der Waals surface area contributed by atoms with Crippen LogP contribution in [-0.2, 0) is 0 Å². The molecule has 1 aromatic heterocycles. The van der Waals surface area contributed by atoms with E-state index in [9.17, 15) is 4.79 Å². The van der Waals surface area contributed by atoms with Crippen molar-refractivity contribution >= 4 is 6.03 Å². The molecule has 2 aliphatic carbocycles. The Morgan fingerprint density at radius 1 is 1.17 bits per heavy atom. The minimum absolute atomic E-state index is 0.0953. The smallest absolute Gasteiger partial charge is 0.317 e. The van der Waals surface area contributed by atoms with Gasteiger partial charge in [0.1, 0.15) is 0 Å². The van der Waals surface area contributed by atoms with Crippen molar-refractivity contribution in [1.82, 2.24) is 20.4 Å². The molecule has 2 amide bonds. The minimum atomic E-state index is 0.0953. The van der Waals surface area contributed by atoms with E-state index in [2.05, 4.69) is 15.5 Å². The molecule has 0 aromatic carbocycles. The summed E-state index contributed by atoms with van der Waals surface area (Å²) in [4.78, 5) is 14.2. The highest BCUT2D eigenvalue weighted by molar-refractivity contribution is 5.74. The predicted molar refractivity (Wildman–Crippen MR) is 90.0 cm³/mol. The summed E-state index contributed by atoms with van der Waals surface area (Å²) in [5.41, 5.74) is 1.08. The number of rotatable bonds is 5. The molecule has 0 spiro atoms. The number of hydrogen-bond donors (Lipinski definition) is 1. The number of nitrogens with one attached hydrogen (secondary N) is 1. The van der Waals surface area contributed by atoms with Gasteiger partial charge in [0.25, 0.3) is 0 Å². The van der Waals surface area contributed by atoms with Gasteiger partial charge in [0.15, 0.2) is 0 Å². The number of hydrogen-bond acceptors (Lipinski definition) is 4. The highest BCUT2D eigenvalue weighted by atomic mass is 16.5. The largest absolute Gasteiger partial charge is 0.476 e. The van der Waals surface area contributed by atoms with Gasteiger partial charge in [-0.05, 0) is 38.2 Å². The molecule has 1 unspecified atom stereocenters. The quantitative estimate of drug-likeness (QED) is 0.901. The van der Waals surface area contributed by atoms with Crippen LogP contribution < -0.4 is 10.1 Å². The Balaban J connectivity index is 1.21. The number of aromatic nitrogens is 2. The maximum atomic E-state index is 12.3. The molecule has 0 bridgehead atoms. The van der Waals surface area contributed by atoms with Crippen LogP contribution in [0.4, 0.5) is 4.79 Å². The number of nitrogens with zero attached hydrogens (tertiary/aromatic N) is 3. The van der Waals surface area contributed by atoms with Crippen LogP contribution in [0.15, 0.2) is 12.1 Å². The summed E-state index contributed by atoms with van der Waals surface area (Å²) >= 11 is 0. The van der Waals surface area contributed by atoms with E-state index in [0.29, 0.717) is 30.4 Å². The van der Waals surface area contributed by atoms with Gasteiger partial charge in [0, 0.05) is 37.0 Å². The second kappa shape index (κ2) is 6.95. The first-order chi connectivity index (χ1) is 11.8. The van der Waals surface area contributed by atoms with Gasteiger partial charge in [-0.15, -0.1) is 5.10 Å². The summed E-state index contributed by atoms with van der Waals surface area (Å²) in [5, 5.41) is 11.6. The van der Waals surface area contributed by atoms with Crippen molar-refractivity contribution in [3.8, 4) is 5.88 Å². The Kier molecular flexibility index (Phi) is 4.54. The molecule has 0 radical (unpaired) electrons. The summed E-state index contributed by atoms with van der Waals surface area (Å²) in [5.74, 6) is 1.59. The molecule has 1 aliphatic heterocycles. The molecule has 6 nitrogen and oxygen atoms in total. The number of carbonyl (C=O) groups excluding carboxylic acids is 1. The highest BCUT2D eigenvalue weighted by Crippen LogP contribution is 2.38. The lowest BCUT2D eigenvalue weighted by Crippen LogP contribution is -2.43. The van der Waals surface area contributed by atoms with Crippen molar-refractivity contribution in [1.29, 1.82) is 0 Å². The fourth-order valence-corrected chi connectivity index (χ4v) is 3.70. The van der Waals surface area contributed by atoms with Crippen molar-refractivity contribution in [3.05, 3.63) is 17.8 Å². The first-order valence-electron chi connectivity index (χ1n) is 9.30. The Bertz CT molecular complexity index is 567. The fraction of sp³-hybridized carbons (Fsp3) is 0.722. The van der Waals surface area contributed by atoms with Crippen molar-refractivity contribution in [2.75, 3.05) is 19.7 Å². The number of ether oxygens (including phenoxy) is 1. The molecule has 3 aliphatic rings. The van der Waals surface area contributed by atoms with E-state index < -0.39 is 0 Å². The minimum Gasteiger partial charge on any atom is -0.476 e. The van der Waals surface area contributed by atoms with E-state index in [1.807, 2.05) is 17.0 Å². The zero-order chi connectivity index (χ0) is 16.4. The van der Waals surface area contributed by atoms with Gasteiger partial charge >= 0.3 is 6.03 Å². The Morgan fingerprint density at radius 2 is 2.00 bits per heavy atom. The zero-order valence-corrected chi connectivity index (χ0v) is 14.1. The third kappa shape index (κ3) is 3.79. The van der Waals surface area contributed by atoms with Gasteiger partial charge in [-0.1, -0.05) is 12.8 Å². The third-order valence-corrected chi connectivity index (χ3v) is 5.38. The molecule has 1 saturated heterocycles. The van der Waals surface area contributed by atoms with E-state index in [-0.39, 0.29) is 6.03 Å². The Morgan fingerprint density at radius 3 is 2.71 bits per heavy atom. The average molecular weight is 330 g/mol. The molecular formula is C18H26N4O2. The normalized spacial score (nSPS) is 24.3. The number of carbonyl (C=O) groups is 1. The van der Waals surface area contributed by atoms with Crippen LogP contribution >= 0.6 is 0 Å². The predicted octanol–water partition coefficient (Wildman–Crippen LogP) is 2.71. The Hall–Kier alpha value is -1.85. The summed E-state index contributed by atoms with van der Waals surface area (Å²) in [6.45, 7) is 2.19. The van der Waals surface area contributed by atoms with Crippen LogP contribution in [0.5, 0.6) is 5.88 Å². The molecule has 24 heavy (non-hydrogen) atoms. The number of amides is 2. The summed E-state index contributed by atoms with van der Waals surface area (Å²) in [6.07, 6.45) is 8.18. The van der Waals surface area contributed by atoms with Gasteiger partial charge in [0.2, 0.25) is 5.88 Å². The zero-order valence-electron chi connectivity index (χ0n) is 14.1. The molecule has 1 N–H and O–H groups in total. The lowest BCUT2D eigenvalue weighted by molar-refractivity contribution is 0.197. The lowest BCUT2D eigenvalue weighted by Gasteiger charge is -2.20. The molecule has 6 heteroatoms. The van der Waals surface area contributed by atoms with Crippen LogP contribution in [0, 0.1) is 5.92 Å². The van der Waals surface area contributed by atoms with Crippen LogP contribution in [0.1, 0.15) is 56.6 Å². The topological polar surface area (TPSA) is 67.4 Å². The SMILES string of the molecule is O=C(NC1CCCC1)N1CCC(COc2ccc(C3CC3)nn2)C1. The van der Waals surface area contributed by atoms with Gasteiger partial charge in [0.05, 0.1) is 12.3 Å². The third-order valence-electron chi connectivity index (χ3n) is 5.38. The van der Waals surface area contributed by atoms with Gasteiger partial charge < -0.3 is 15.0 Å². The van der Waals surface area contributed by atoms with Gasteiger partial charge in [-0.2, -0.15) is 5.10 Å². The van der Waals surface area contributed by atoms with Gasteiger partial charge in [-0.25, -0.2) is 4.79 Å². The van der Waals surface area contributed by atoms with Crippen LogP contribution in [-0.4, -0.2) is 46.9 Å². The second-order valence-corrected chi connectivity index (χ2v) is 7.41. The first-order valence-corrected chi connectivity index (χ1v) is 9.30. The standard InChI is InChI=1S/C18H26N4O2/c23-18(19-15-3-1-2-4-15)22-10-9-13(11-22)12-24-17-8-7-16(20-21-17)14-5-6-14/h7-8,13-15H,1-6,9-12H2,(H,19,23). The van der Waals surface area contributed by atoms with Crippen molar-refractivity contribution < 1.29 is 9.53 Å². The molecule has 1 atom stereocenters. The second-order valence-electron chi connectivity index (χ2n) is 7.41. The molecule has 3 fully saturated rings. The maximum Gasteiger partial charge on any atom is 0.317 e. The van der Waals surface area contributed by atoms with E-state index in [0.717, 1.165) is 38.0 Å². The number of urea groups is 1. The average Bonchev–Trinajstić information content (AvgIpc) is 3.12. The van der Waals surface area contributed by atoms with E-state index in [4.69, 9.17) is 4.74 Å². The summed E-state index contributed by atoms with van der Waals surface area (Å²) in [7, 11) is 0. The van der Waals surface area contributed by atoms with Crippen molar-refractivity contribution in [2.24, 2.45) is 5.92 Å². The highest BCUT2D eigenvalue weighted by Gasteiger charge is 2.29. The molecule has 4 rings (SSSR count). The summed E-state index contributed by atoms with van der Waals surface area (Å²) < 4.78 is 5.77. The summed E-state index contributed by atoms with van der Waals surface area (Å²) in [6, 6.07) is 4.42. The Labute approximate surface area is 143 Å². The van der Waals surface area contributed by atoms with Crippen LogP contribution in [0.25, 0.3) is 0 Å². The molecule has 2 heterocycles. The van der Waals surface area contributed by atoms with E-state index in [1.54, 1.807) is 0 Å². The van der Waals surface area contributed by atoms with Crippen molar-refractivity contribution in [2.45, 2.75) is 56.9 Å². The lowest BCUT2D eigenvalue weighted by atomic mass is 10.1. The monoisotopic (exact) mass is 330 g/mol. The van der Waals surface area contributed by atoms with Crippen LogP contribution in [0.2, 0.25) is 0 Å². The number of likely N-dealkylation sites (tertiary alicyclic amines) is 1. The first kappa shape index (κ1) is 15.7. The molecular weight excluding hydrogens is 304 g/mol. The molecule has 130 valence electrons. The van der Waals surface area contributed by atoms with Crippen molar-refractivity contribution in [3.63, 3.8) is 0 Å². The maximum absolute atomic E-state index is 12.3. The van der Waals surface area contributed by atoms with E-state index in [1.165, 1.54) is 25.7 Å². The fourth-order valence-electron chi connectivity index (χ4n) is 3.70. The molecule has 2 saturated carbocycles. The van der Waals surface area contributed by atoms with Crippen LogP contribution in [0.3, 0.4) is 0 Å². The molecule has 1 aromatic rings.